The van der Waals surface area contributed by atoms with E-state index in [1.165, 1.54) is 6.26 Å². The Bertz CT molecular complexity index is 1030. The summed E-state index contributed by atoms with van der Waals surface area (Å²) < 4.78 is 10.4. The highest BCUT2D eigenvalue weighted by molar-refractivity contribution is 5.93. The summed E-state index contributed by atoms with van der Waals surface area (Å²) in [5.41, 5.74) is 7.89. The number of carbonyl (C=O) groups excluding carboxylic acids is 1. The van der Waals surface area contributed by atoms with Gasteiger partial charge in [-0.25, -0.2) is 0 Å². The number of carbonyl (C=O) groups is 1. The molecule has 0 amide bonds. The van der Waals surface area contributed by atoms with E-state index >= 15 is 0 Å². The van der Waals surface area contributed by atoms with Crippen LogP contribution in [0.1, 0.15) is 42.6 Å². The van der Waals surface area contributed by atoms with Crippen molar-refractivity contribution in [2.45, 2.75) is 50.4 Å². The summed E-state index contributed by atoms with van der Waals surface area (Å²) in [4.78, 5) is 16.4. The molecule has 164 valence electrons. The SMILES string of the molecule is COC1C=c2ncccc2=CC1C1=CNC([C@@H](N)CCCCCC(=O)c2ccon2)N1. The number of Topliss-reactive ketones (excluding diaryl/α,β-unsaturated/α-hetero) is 1. The molecule has 8 heteroatoms. The Morgan fingerprint density at radius 1 is 1.29 bits per heavy atom. The zero-order chi connectivity index (χ0) is 21.6. The van der Waals surface area contributed by atoms with Crippen LogP contribution < -0.4 is 26.9 Å². The number of unbranched alkanes of at least 4 members (excludes halogenated alkanes) is 2. The lowest BCUT2D eigenvalue weighted by atomic mass is 9.93. The molecule has 3 unspecified atom stereocenters. The predicted octanol–water partition coefficient (Wildman–Crippen LogP) is 0.796. The Labute approximate surface area is 181 Å². The smallest absolute Gasteiger partial charge is 0.184 e. The predicted molar refractivity (Wildman–Crippen MR) is 117 cm³/mol. The van der Waals surface area contributed by atoms with E-state index < -0.39 is 0 Å². The molecule has 1 aliphatic carbocycles. The molecule has 8 nitrogen and oxygen atoms in total. The maximum absolute atomic E-state index is 11.9. The number of methoxy groups -OCH3 is 1. The number of nitrogens with two attached hydrogens (primary N) is 1. The van der Waals surface area contributed by atoms with E-state index in [1.807, 2.05) is 12.3 Å². The van der Waals surface area contributed by atoms with Crippen LogP contribution in [0.2, 0.25) is 0 Å². The standard InChI is InChI=1S/C23H29N5O3/c1-30-22-13-19-15(6-5-10-25-19)12-16(22)20-14-26-23(27-20)17(24)7-3-2-4-8-21(29)18-9-11-31-28-18/h5-6,9-14,16-17,22-23,26-27H,2-4,7-8,24H2,1H3/t16?,17-,22?,23?/m0/s1. The highest BCUT2D eigenvalue weighted by atomic mass is 16.5. The largest absolute Gasteiger partial charge is 0.376 e. The molecular weight excluding hydrogens is 394 g/mol. The quantitative estimate of drug-likeness (QED) is 0.380. The van der Waals surface area contributed by atoms with Crippen molar-refractivity contribution in [3.63, 3.8) is 0 Å². The molecule has 3 heterocycles. The Hall–Kier alpha value is -2.97. The van der Waals surface area contributed by atoms with Gasteiger partial charge in [-0.2, -0.15) is 0 Å². The van der Waals surface area contributed by atoms with E-state index in [0.717, 1.165) is 41.9 Å². The summed E-state index contributed by atoms with van der Waals surface area (Å²) in [5, 5.41) is 12.6. The van der Waals surface area contributed by atoms with Gasteiger partial charge in [-0.3, -0.25) is 9.78 Å². The third-order valence-electron chi connectivity index (χ3n) is 5.87. The highest BCUT2D eigenvalue weighted by Gasteiger charge is 2.30. The van der Waals surface area contributed by atoms with Gasteiger partial charge in [-0.05, 0) is 30.2 Å². The van der Waals surface area contributed by atoms with Crippen LogP contribution in [0, 0.1) is 5.92 Å². The van der Waals surface area contributed by atoms with Crippen molar-refractivity contribution in [3.05, 3.63) is 58.8 Å². The van der Waals surface area contributed by atoms with Crippen LogP contribution >= 0.6 is 0 Å². The normalized spacial score (nSPS) is 22.9. The van der Waals surface area contributed by atoms with E-state index in [9.17, 15) is 4.79 Å². The Morgan fingerprint density at radius 2 is 2.19 bits per heavy atom. The minimum Gasteiger partial charge on any atom is -0.376 e. The number of hydrogen-bond acceptors (Lipinski definition) is 8. The van der Waals surface area contributed by atoms with E-state index in [4.69, 9.17) is 15.0 Å². The van der Waals surface area contributed by atoms with Crippen molar-refractivity contribution in [1.82, 2.24) is 20.8 Å². The summed E-state index contributed by atoms with van der Waals surface area (Å²) >= 11 is 0. The third kappa shape index (κ3) is 5.03. The Kier molecular flexibility index (Phi) is 6.79. The molecule has 31 heavy (non-hydrogen) atoms. The fourth-order valence-corrected chi connectivity index (χ4v) is 4.10. The number of nitrogens with one attached hydrogen (secondary N) is 2. The zero-order valence-corrected chi connectivity index (χ0v) is 17.7. The fraction of sp³-hybridized carbons (Fsp3) is 0.435. The molecule has 0 aromatic carbocycles. The van der Waals surface area contributed by atoms with Crippen LogP contribution in [0.3, 0.4) is 0 Å². The molecular formula is C23H29N5O3. The lowest BCUT2D eigenvalue weighted by Crippen LogP contribution is -2.49. The second-order valence-corrected chi connectivity index (χ2v) is 8.00. The average molecular weight is 424 g/mol. The number of fused-ring (bicyclic) bond motifs is 1. The molecule has 0 radical (unpaired) electrons. The van der Waals surface area contributed by atoms with Crippen LogP contribution in [0.5, 0.6) is 0 Å². The number of hydrogen-bond donors (Lipinski definition) is 3. The first-order chi connectivity index (χ1) is 15.2. The fourth-order valence-electron chi connectivity index (χ4n) is 4.10. The first-order valence-corrected chi connectivity index (χ1v) is 10.7. The van der Waals surface area contributed by atoms with E-state index in [0.29, 0.717) is 12.1 Å². The second-order valence-electron chi connectivity index (χ2n) is 8.00. The topological polar surface area (TPSA) is 115 Å². The number of rotatable bonds is 10. The van der Waals surface area contributed by atoms with Crippen molar-refractivity contribution in [1.29, 1.82) is 0 Å². The van der Waals surface area contributed by atoms with Crippen molar-refractivity contribution in [2.24, 2.45) is 11.7 Å². The summed E-state index contributed by atoms with van der Waals surface area (Å²) in [6.45, 7) is 0. The Balaban J connectivity index is 1.24. The lowest BCUT2D eigenvalue weighted by Gasteiger charge is -2.27. The first kappa shape index (κ1) is 21.3. The minimum atomic E-state index is -0.0832. The molecule has 4 rings (SSSR count). The van der Waals surface area contributed by atoms with Gasteiger partial charge in [0.1, 0.15) is 18.1 Å². The molecule has 2 aromatic rings. The maximum Gasteiger partial charge on any atom is 0.184 e. The average Bonchev–Trinajstić information content (AvgIpc) is 3.50. The lowest BCUT2D eigenvalue weighted by molar-refractivity contribution is 0.0970. The molecule has 4 atom stereocenters. The maximum atomic E-state index is 11.9. The third-order valence-corrected chi connectivity index (χ3v) is 5.87. The van der Waals surface area contributed by atoms with Gasteiger partial charge in [0, 0.05) is 49.7 Å². The van der Waals surface area contributed by atoms with Crippen LogP contribution in [-0.4, -0.2) is 41.3 Å². The summed E-state index contributed by atoms with van der Waals surface area (Å²) in [5.74, 6) is 0.102. The van der Waals surface area contributed by atoms with Crippen LogP contribution in [0.15, 0.2) is 47.1 Å². The van der Waals surface area contributed by atoms with Gasteiger partial charge in [0.25, 0.3) is 0 Å². The molecule has 0 bridgehead atoms. The van der Waals surface area contributed by atoms with E-state index in [1.54, 1.807) is 19.4 Å². The van der Waals surface area contributed by atoms with Gasteiger partial charge in [0.2, 0.25) is 0 Å². The summed E-state index contributed by atoms with van der Waals surface area (Å²) in [6.07, 6.45) is 13.5. The van der Waals surface area contributed by atoms with Crippen LogP contribution in [-0.2, 0) is 4.74 Å². The van der Waals surface area contributed by atoms with Crippen molar-refractivity contribution in [3.8, 4) is 0 Å². The van der Waals surface area contributed by atoms with Gasteiger partial charge < -0.3 is 25.6 Å². The summed E-state index contributed by atoms with van der Waals surface area (Å²) in [6, 6.07) is 5.57. The van der Waals surface area contributed by atoms with Crippen LogP contribution in [0.25, 0.3) is 12.2 Å². The molecule has 4 N–H and O–H groups in total. The highest BCUT2D eigenvalue weighted by Crippen LogP contribution is 2.23. The molecule has 0 saturated heterocycles. The van der Waals surface area contributed by atoms with Gasteiger partial charge in [-0.15, -0.1) is 0 Å². The second kappa shape index (κ2) is 9.89. The van der Waals surface area contributed by atoms with Crippen molar-refractivity contribution < 1.29 is 14.1 Å². The van der Waals surface area contributed by atoms with E-state index in [-0.39, 0.29) is 30.0 Å². The zero-order valence-electron chi connectivity index (χ0n) is 17.7. The monoisotopic (exact) mass is 423 g/mol. The van der Waals surface area contributed by atoms with E-state index in [2.05, 4.69) is 39.0 Å². The number of ketones is 1. The van der Waals surface area contributed by atoms with Gasteiger partial charge >= 0.3 is 0 Å². The summed E-state index contributed by atoms with van der Waals surface area (Å²) in [7, 11) is 1.72. The number of ether oxygens (including phenoxy) is 1. The van der Waals surface area contributed by atoms with Gasteiger partial charge in [-0.1, -0.05) is 30.1 Å². The van der Waals surface area contributed by atoms with Crippen molar-refractivity contribution in [2.75, 3.05) is 7.11 Å². The number of pyridine rings is 1. The molecule has 2 aromatic heterocycles. The molecule has 0 spiro atoms. The molecule has 0 saturated carbocycles. The number of aromatic nitrogens is 2. The Morgan fingerprint density at radius 3 is 3.00 bits per heavy atom. The molecule has 0 fully saturated rings. The minimum absolute atomic E-state index is 0.0204. The van der Waals surface area contributed by atoms with Crippen LogP contribution in [0.4, 0.5) is 0 Å². The van der Waals surface area contributed by atoms with Crippen molar-refractivity contribution >= 4 is 17.9 Å². The number of nitrogens with zero attached hydrogens (tertiary/aromatic N) is 2. The molecule has 2 aliphatic rings. The first-order valence-electron chi connectivity index (χ1n) is 10.7. The molecule has 1 aliphatic heterocycles. The van der Waals surface area contributed by atoms with Gasteiger partial charge in [0.15, 0.2) is 5.78 Å². The van der Waals surface area contributed by atoms with Gasteiger partial charge in [0.05, 0.1) is 11.5 Å².